The van der Waals surface area contributed by atoms with Crippen molar-refractivity contribution < 1.29 is 18.0 Å². The molecular formula is C20H18Cl2F3N5O. The summed E-state index contributed by atoms with van der Waals surface area (Å²) in [4.78, 5) is 20.2. The predicted octanol–water partition coefficient (Wildman–Crippen LogP) is 4.43. The molecule has 1 fully saturated rings. The van der Waals surface area contributed by atoms with E-state index in [2.05, 4.69) is 10.3 Å². The Kier molecular flexibility index (Phi) is 6.94. The maximum atomic E-state index is 12.8. The van der Waals surface area contributed by atoms with E-state index >= 15 is 0 Å². The third kappa shape index (κ3) is 5.39. The summed E-state index contributed by atoms with van der Waals surface area (Å²) in [6, 6.07) is 7.02. The largest absolute Gasteiger partial charge is 0.417 e. The Morgan fingerprint density at radius 1 is 1.19 bits per heavy atom. The monoisotopic (exact) mass is 471 g/mol. The SMILES string of the molecule is CC(C(=O)Nc1ccc(C#N)c(Cl)c1)N1CCN(c2ncc(C(F)(F)F)cc2Cl)CC1. The lowest BCUT2D eigenvalue weighted by Gasteiger charge is -2.38. The molecule has 11 heteroatoms. The predicted molar refractivity (Wildman–Crippen MR) is 112 cm³/mol. The van der Waals surface area contributed by atoms with Crippen LogP contribution in [-0.2, 0) is 11.0 Å². The molecule has 0 bridgehead atoms. The molecule has 1 aromatic carbocycles. The van der Waals surface area contributed by atoms with Crippen molar-refractivity contribution in [3.8, 4) is 6.07 Å². The fourth-order valence-corrected chi connectivity index (χ4v) is 3.74. The van der Waals surface area contributed by atoms with Gasteiger partial charge in [-0.1, -0.05) is 23.2 Å². The van der Waals surface area contributed by atoms with Crippen molar-refractivity contribution in [2.24, 2.45) is 0 Å². The van der Waals surface area contributed by atoms with Gasteiger partial charge in [0.15, 0.2) is 0 Å². The average molecular weight is 472 g/mol. The molecule has 1 aliphatic rings. The molecule has 0 aliphatic carbocycles. The summed E-state index contributed by atoms with van der Waals surface area (Å²) in [7, 11) is 0. The molecule has 6 nitrogen and oxygen atoms in total. The lowest BCUT2D eigenvalue weighted by atomic mass is 10.2. The van der Waals surface area contributed by atoms with Gasteiger partial charge in [-0.15, -0.1) is 0 Å². The molecule has 31 heavy (non-hydrogen) atoms. The summed E-state index contributed by atoms with van der Waals surface area (Å²) in [6.45, 7) is 3.68. The fraction of sp³-hybridized carbons (Fsp3) is 0.350. The molecule has 1 atom stereocenters. The highest BCUT2D eigenvalue weighted by Gasteiger charge is 2.33. The van der Waals surface area contributed by atoms with E-state index in [1.54, 1.807) is 17.9 Å². The molecule has 1 amide bonds. The summed E-state index contributed by atoms with van der Waals surface area (Å²) in [5.74, 6) is 0.0542. The highest BCUT2D eigenvalue weighted by Crippen LogP contribution is 2.33. The summed E-state index contributed by atoms with van der Waals surface area (Å²) < 4.78 is 38.4. The van der Waals surface area contributed by atoms with Crippen molar-refractivity contribution in [2.45, 2.75) is 19.1 Å². The number of halogens is 5. The van der Waals surface area contributed by atoms with E-state index in [9.17, 15) is 18.0 Å². The quantitative estimate of drug-likeness (QED) is 0.713. The van der Waals surface area contributed by atoms with Crippen LogP contribution in [0.2, 0.25) is 10.0 Å². The van der Waals surface area contributed by atoms with Gasteiger partial charge < -0.3 is 10.2 Å². The van der Waals surface area contributed by atoms with E-state index in [-0.39, 0.29) is 16.0 Å². The first-order chi connectivity index (χ1) is 14.6. The third-order valence-electron chi connectivity index (χ3n) is 5.05. The summed E-state index contributed by atoms with van der Waals surface area (Å²) >= 11 is 12.0. The number of carbonyl (C=O) groups excluding carboxylic acids is 1. The maximum Gasteiger partial charge on any atom is 0.417 e. The number of nitrogens with one attached hydrogen (secondary N) is 1. The second kappa shape index (κ2) is 9.30. The Balaban J connectivity index is 1.59. The van der Waals surface area contributed by atoms with Crippen molar-refractivity contribution in [2.75, 3.05) is 36.4 Å². The number of amides is 1. The number of nitriles is 1. The Bertz CT molecular complexity index is 1020. The Hall–Kier alpha value is -2.54. The Labute approximate surface area is 187 Å². The topological polar surface area (TPSA) is 72.3 Å². The van der Waals surface area contributed by atoms with Crippen LogP contribution in [0.25, 0.3) is 0 Å². The molecule has 2 heterocycles. The smallest absolute Gasteiger partial charge is 0.353 e. The molecule has 1 aliphatic heterocycles. The van der Waals surface area contributed by atoms with Crippen molar-refractivity contribution in [1.82, 2.24) is 9.88 Å². The molecule has 0 radical (unpaired) electrons. The van der Waals surface area contributed by atoms with Gasteiger partial charge in [-0.2, -0.15) is 18.4 Å². The minimum absolute atomic E-state index is 0.0632. The van der Waals surface area contributed by atoms with E-state index in [0.29, 0.717) is 43.2 Å². The molecule has 164 valence electrons. The number of aromatic nitrogens is 1. The first-order valence-corrected chi connectivity index (χ1v) is 10.1. The number of alkyl halides is 3. The standard InChI is InChI=1S/C20H18Cl2F3N5O/c1-12(19(31)28-15-3-2-13(10-26)16(21)9-15)29-4-6-30(7-5-29)18-17(22)8-14(11-27-18)20(23,24)25/h2-3,8-9,11-12H,4-7H2,1H3,(H,28,31). The van der Waals surface area contributed by atoms with Crippen LogP contribution in [0.1, 0.15) is 18.1 Å². The molecule has 0 saturated carbocycles. The molecular weight excluding hydrogens is 454 g/mol. The normalized spacial score (nSPS) is 16.0. The van der Waals surface area contributed by atoms with E-state index in [0.717, 1.165) is 12.3 Å². The van der Waals surface area contributed by atoms with Gasteiger partial charge in [-0.25, -0.2) is 4.98 Å². The van der Waals surface area contributed by atoms with Crippen LogP contribution >= 0.6 is 23.2 Å². The fourth-order valence-electron chi connectivity index (χ4n) is 3.24. The summed E-state index contributed by atoms with van der Waals surface area (Å²) in [5, 5.41) is 11.9. The van der Waals surface area contributed by atoms with Crippen LogP contribution in [0.5, 0.6) is 0 Å². The van der Waals surface area contributed by atoms with Gasteiger partial charge >= 0.3 is 6.18 Å². The number of rotatable bonds is 4. The first kappa shape index (κ1) is 23.1. The molecule has 1 aromatic heterocycles. The van der Waals surface area contributed by atoms with Gasteiger partial charge in [-0.3, -0.25) is 9.69 Å². The van der Waals surface area contributed by atoms with E-state index in [1.807, 2.05) is 11.0 Å². The van der Waals surface area contributed by atoms with Crippen LogP contribution in [0, 0.1) is 11.3 Å². The highest BCUT2D eigenvalue weighted by molar-refractivity contribution is 6.33. The first-order valence-electron chi connectivity index (χ1n) is 9.32. The third-order valence-corrected chi connectivity index (χ3v) is 5.64. The lowest BCUT2D eigenvalue weighted by Crippen LogP contribution is -2.53. The van der Waals surface area contributed by atoms with Crippen molar-refractivity contribution >= 4 is 40.6 Å². The van der Waals surface area contributed by atoms with Crippen molar-refractivity contribution in [3.05, 3.63) is 51.6 Å². The second-order valence-corrected chi connectivity index (χ2v) is 7.84. The van der Waals surface area contributed by atoms with Crippen LogP contribution in [0.4, 0.5) is 24.7 Å². The van der Waals surface area contributed by atoms with Gasteiger partial charge in [0.25, 0.3) is 0 Å². The zero-order valence-electron chi connectivity index (χ0n) is 16.4. The van der Waals surface area contributed by atoms with Crippen LogP contribution in [-0.4, -0.2) is 48.0 Å². The van der Waals surface area contributed by atoms with Gasteiger partial charge in [0, 0.05) is 38.1 Å². The lowest BCUT2D eigenvalue weighted by molar-refractivity contribution is -0.137. The second-order valence-electron chi connectivity index (χ2n) is 7.02. The summed E-state index contributed by atoms with van der Waals surface area (Å²) in [6.07, 6.45) is -3.73. The molecule has 1 saturated heterocycles. The number of anilines is 2. The summed E-state index contributed by atoms with van der Waals surface area (Å²) in [5.41, 5.74) is -0.0901. The highest BCUT2D eigenvalue weighted by atomic mass is 35.5. The van der Waals surface area contributed by atoms with Gasteiger partial charge in [0.05, 0.1) is 27.2 Å². The molecule has 2 aromatic rings. The zero-order chi connectivity index (χ0) is 22.8. The van der Waals surface area contributed by atoms with E-state index < -0.39 is 17.8 Å². The average Bonchev–Trinajstić information content (AvgIpc) is 2.73. The van der Waals surface area contributed by atoms with Gasteiger partial charge in [0.2, 0.25) is 5.91 Å². The van der Waals surface area contributed by atoms with Crippen LogP contribution in [0.3, 0.4) is 0 Å². The number of carbonyl (C=O) groups is 1. The molecule has 0 spiro atoms. The van der Waals surface area contributed by atoms with Gasteiger partial charge in [0.1, 0.15) is 11.9 Å². The minimum Gasteiger partial charge on any atom is -0.353 e. The molecule has 1 N–H and O–H groups in total. The Morgan fingerprint density at radius 2 is 1.87 bits per heavy atom. The van der Waals surface area contributed by atoms with E-state index in [4.69, 9.17) is 28.5 Å². The molecule has 1 unspecified atom stereocenters. The Morgan fingerprint density at radius 3 is 2.42 bits per heavy atom. The van der Waals surface area contributed by atoms with Crippen molar-refractivity contribution in [3.63, 3.8) is 0 Å². The minimum atomic E-state index is -4.50. The number of nitrogens with zero attached hydrogens (tertiary/aromatic N) is 4. The number of piperazine rings is 1. The zero-order valence-corrected chi connectivity index (χ0v) is 17.9. The van der Waals surface area contributed by atoms with Crippen molar-refractivity contribution in [1.29, 1.82) is 5.26 Å². The maximum absolute atomic E-state index is 12.8. The number of benzene rings is 1. The number of hydrogen-bond acceptors (Lipinski definition) is 5. The van der Waals surface area contributed by atoms with Gasteiger partial charge in [-0.05, 0) is 31.2 Å². The molecule has 3 rings (SSSR count). The van der Waals surface area contributed by atoms with Crippen LogP contribution in [0.15, 0.2) is 30.5 Å². The number of pyridine rings is 1. The van der Waals surface area contributed by atoms with E-state index in [1.165, 1.54) is 12.1 Å². The number of hydrogen-bond donors (Lipinski definition) is 1. The van der Waals surface area contributed by atoms with Crippen LogP contribution < -0.4 is 10.2 Å².